The van der Waals surface area contributed by atoms with Crippen molar-refractivity contribution in [3.63, 3.8) is 0 Å². The van der Waals surface area contributed by atoms with Crippen LogP contribution in [-0.2, 0) is 25.0 Å². The quantitative estimate of drug-likeness (QED) is 0.0828. The summed E-state index contributed by atoms with van der Waals surface area (Å²) in [5.74, 6) is 0.237. The molecule has 1 N–H and O–H groups in total. The predicted molar refractivity (Wildman–Crippen MR) is 191 cm³/mol. The topological polar surface area (TPSA) is 82.5 Å². The number of nitrogens with one attached hydrogen (secondary N) is 1. The molecule has 8 heteroatoms. The summed E-state index contributed by atoms with van der Waals surface area (Å²) in [5.41, 5.74) is 7.47. The molecule has 1 aliphatic rings. The molecule has 2 heterocycles. The van der Waals surface area contributed by atoms with Crippen LogP contribution >= 0.6 is 0 Å². The van der Waals surface area contributed by atoms with Crippen LogP contribution in [0.2, 0.25) is 0 Å². The van der Waals surface area contributed by atoms with E-state index in [1.54, 1.807) is 6.26 Å². The van der Waals surface area contributed by atoms with E-state index >= 15 is 0 Å². The molecule has 0 saturated carbocycles. The number of benzene rings is 4. The minimum atomic E-state index is -3.41. The molecule has 0 spiro atoms. The van der Waals surface area contributed by atoms with Crippen molar-refractivity contribution in [1.82, 2.24) is 14.3 Å². The summed E-state index contributed by atoms with van der Waals surface area (Å²) in [6.07, 6.45) is 7.24. The molecule has 1 aromatic heterocycles. The van der Waals surface area contributed by atoms with Gasteiger partial charge in [0.25, 0.3) is 0 Å². The molecule has 48 heavy (non-hydrogen) atoms. The first-order valence-corrected chi connectivity index (χ1v) is 18.2. The van der Waals surface area contributed by atoms with Crippen molar-refractivity contribution < 1.29 is 17.9 Å². The summed E-state index contributed by atoms with van der Waals surface area (Å²) in [4.78, 5) is 5.00. The lowest BCUT2D eigenvalue weighted by atomic mass is 9.76. The second-order valence-electron chi connectivity index (χ2n) is 12.4. The van der Waals surface area contributed by atoms with Crippen LogP contribution in [0, 0.1) is 19.8 Å². The molecule has 0 amide bonds. The Labute approximate surface area is 284 Å². The molecule has 5 aromatic rings. The third-order valence-electron chi connectivity index (χ3n) is 9.25. The van der Waals surface area contributed by atoms with Crippen molar-refractivity contribution in [3.05, 3.63) is 167 Å². The predicted octanol–water partition coefficient (Wildman–Crippen LogP) is 7.09. The number of rotatable bonds is 13. The molecule has 1 aliphatic heterocycles. The minimum absolute atomic E-state index is 0.114. The van der Waals surface area contributed by atoms with Crippen LogP contribution in [0.1, 0.15) is 51.9 Å². The van der Waals surface area contributed by atoms with E-state index in [1.165, 1.54) is 0 Å². The van der Waals surface area contributed by atoms with E-state index in [2.05, 4.69) is 114 Å². The third-order valence-corrected chi connectivity index (χ3v) is 10.8. The molecule has 0 bridgehead atoms. The van der Waals surface area contributed by atoms with Crippen molar-refractivity contribution in [2.45, 2.75) is 32.2 Å². The number of hydrogen-bond acceptors (Lipinski definition) is 5. The molecule has 4 aromatic carbocycles. The van der Waals surface area contributed by atoms with Crippen molar-refractivity contribution in [1.29, 1.82) is 0 Å². The first kappa shape index (κ1) is 33.4. The van der Waals surface area contributed by atoms with Crippen molar-refractivity contribution in [2.75, 3.05) is 32.1 Å². The highest BCUT2D eigenvalue weighted by Crippen LogP contribution is 2.41. The molecule has 0 unspecified atom stereocenters. The largest absolute Gasteiger partial charge is 0.499 e. The normalized spacial score (nSPS) is 14.6. The van der Waals surface area contributed by atoms with Gasteiger partial charge < -0.3 is 14.0 Å². The molecule has 7 nitrogen and oxygen atoms in total. The van der Waals surface area contributed by atoms with E-state index in [1.807, 2.05) is 30.6 Å². The Morgan fingerprint density at radius 2 is 1.46 bits per heavy atom. The van der Waals surface area contributed by atoms with Crippen LogP contribution in [0.5, 0.6) is 0 Å². The molecule has 1 saturated heterocycles. The van der Waals surface area contributed by atoms with Crippen LogP contribution in [0.3, 0.4) is 0 Å². The molecule has 6 rings (SSSR count). The Morgan fingerprint density at radius 1 is 0.875 bits per heavy atom. The van der Waals surface area contributed by atoms with Gasteiger partial charge in [-0.1, -0.05) is 109 Å². The monoisotopic (exact) mass is 661 g/mol. The van der Waals surface area contributed by atoms with Crippen molar-refractivity contribution in [2.24, 2.45) is 5.92 Å². The Balaban J connectivity index is 1.36. The highest BCUT2D eigenvalue weighted by atomic mass is 32.2. The van der Waals surface area contributed by atoms with E-state index in [-0.39, 0.29) is 24.8 Å². The van der Waals surface area contributed by atoms with E-state index in [9.17, 15) is 8.42 Å². The van der Waals surface area contributed by atoms with Crippen LogP contribution in [0.4, 0.5) is 0 Å². The number of hydrogen-bond donors (Lipinski definition) is 1. The van der Waals surface area contributed by atoms with Gasteiger partial charge in [0, 0.05) is 31.5 Å². The lowest BCUT2D eigenvalue weighted by Gasteiger charge is -2.37. The maximum Gasteiger partial charge on any atom is 0.211 e. The lowest BCUT2D eigenvalue weighted by Crippen LogP contribution is -2.36. The molecule has 1 fully saturated rings. The highest BCUT2D eigenvalue weighted by Gasteiger charge is 2.38. The van der Waals surface area contributed by atoms with Gasteiger partial charge in [0.1, 0.15) is 12.1 Å². The van der Waals surface area contributed by atoms with Gasteiger partial charge in [0.15, 0.2) is 0 Å². The average molecular weight is 662 g/mol. The summed E-state index contributed by atoms with van der Waals surface area (Å²) < 4.78 is 41.8. The van der Waals surface area contributed by atoms with Gasteiger partial charge in [0.05, 0.1) is 24.0 Å². The van der Waals surface area contributed by atoms with E-state index in [4.69, 9.17) is 14.5 Å². The van der Waals surface area contributed by atoms with Gasteiger partial charge in [-0.15, -0.1) is 0 Å². The Bertz CT molecular complexity index is 1820. The van der Waals surface area contributed by atoms with Gasteiger partial charge in [-0.25, -0.2) is 18.1 Å². The van der Waals surface area contributed by atoms with E-state index in [0.29, 0.717) is 13.2 Å². The van der Waals surface area contributed by atoms with Crippen LogP contribution < -0.4 is 4.72 Å². The SMILES string of the molecule is Cc1cccc(/C(=C/OCCNS(=O)(=O)CC2CCOCC2)c2cn(C(c3ccccc3)(c3ccccc3)c3ccccc3)cn2)c1C. The van der Waals surface area contributed by atoms with Gasteiger partial charge in [0.2, 0.25) is 10.0 Å². The minimum Gasteiger partial charge on any atom is -0.499 e. The second-order valence-corrected chi connectivity index (χ2v) is 14.2. The first-order chi connectivity index (χ1) is 23.4. The molecule has 0 atom stereocenters. The van der Waals surface area contributed by atoms with E-state index in [0.717, 1.165) is 57.5 Å². The average Bonchev–Trinajstić information content (AvgIpc) is 3.60. The Hall–Kier alpha value is -4.50. The molecule has 248 valence electrons. The summed E-state index contributed by atoms with van der Waals surface area (Å²) in [5, 5.41) is 0. The summed E-state index contributed by atoms with van der Waals surface area (Å²) >= 11 is 0. The third kappa shape index (κ3) is 7.31. The zero-order chi connectivity index (χ0) is 33.4. The Kier molecular flexibility index (Phi) is 10.5. The number of aryl methyl sites for hydroxylation is 1. The molecule has 0 aliphatic carbocycles. The molecular formula is C40H43N3O4S. The van der Waals surface area contributed by atoms with Crippen LogP contribution in [0.15, 0.2) is 128 Å². The fourth-order valence-corrected chi connectivity index (χ4v) is 8.08. The Morgan fingerprint density at radius 3 is 2.04 bits per heavy atom. The number of imidazole rings is 1. The summed E-state index contributed by atoms with van der Waals surface area (Å²) in [7, 11) is -3.41. The standard InChI is InChI=1S/C40H43N3O4S/c1-31-13-12-20-37(32(31)2)38(28-47-26-23-42-48(44,45)29-33-21-24-46-25-22-33)39-27-43(30-41-39)40(34-14-6-3-7-15-34,35-16-8-4-9-17-35)36-18-10-5-11-19-36/h3-20,27-28,30,33,42H,21-26,29H2,1-2H3/b38-28-. The summed E-state index contributed by atoms with van der Waals surface area (Å²) in [6, 6.07) is 37.7. The van der Waals surface area contributed by atoms with Crippen LogP contribution in [0.25, 0.3) is 5.57 Å². The highest BCUT2D eigenvalue weighted by molar-refractivity contribution is 7.89. The fraction of sp³-hybridized carbons (Fsp3) is 0.275. The lowest BCUT2D eigenvalue weighted by molar-refractivity contribution is 0.0723. The van der Waals surface area contributed by atoms with Crippen LogP contribution in [-0.4, -0.2) is 50.1 Å². The smallest absolute Gasteiger partial charge is 0.211 e. The zero-order valence-electron chi connectivity index (χ0n) is 27.6. The first-order valence-electron chi connectivity index (χ1n) is 16.5. The maximum absolute atomic E-state index is 12.7. The second kappa shape index (κ2) is 15.2. The maximum atomic E-state index is 12.7. The van der Waals surface area contributed by atoms with E-state index < -0.39 is 15.6 Å². The van der Waals surface area contributed by atoms with Gasteiger partial charge in [-0.2, -0.15) is 0 Å². The molecular weight excluding hydrogens is 619 g/mol. The van der Waals surface area contributed by atoms with Crippen molar-refractivity contribution in [3.8, 4) is 0 Å². The summed E-state index contributed by atoms with van der Waals surface area (Å²) in [6.45, 7) is 5.79. The number of aromatic nitrogens is 2. The zero-order valence-corrected chi connectivity index (χ0v) is 28.4. The fourth-order valence-electron chi connectivity index (χ4n) is 6.62. The number of nitrogens with zero attached hydrogens (tertiary/aromatic N) is 2. The van der Waals surface area contributed by atoms with Gasteiger partial charge in [-0.05, 0) is 66.0 Å². The van der Waals surface area contributed by atoms with Gasteiger partial charge >= 0.3 is 0 Å². The molecule has 0 radical (unpaired) electrons. The number of sulfonamides is 1. The number of ether oxygens (including phenoxy) is 2. The van der Waals surface area contributed by atoms with Gasteiger partial charge in [-0.3, -0.25) is 0 Å². The van der Waals surface area contributed by atoms with Crippen molar-refractivity contribution >= 4 is 15.6 Å².